The standard InChI is InChI=1S/C9H13N5.H2NO3/c1-6(13-14-9(11)12)7-3-2-4-8(10)5-7;2-1(3)4/h2-5H,10H2,1H3,(H4,11,12,14);(H2,2,3,4)/q;+1/b13-6+;. The van der Waals surface area contributed by atoms with Crippen molar-refractivity contribution in [1.82, 2.24) is 0 Å². The number of anilines is 1. The Bertz CT molecular complexity index is 463. The Morgan fingerprint density at radius 3 is 2.28 bits per heavy atom. The third-order valence-electron chi connectivity index (χ3n) is 1.62. The van der Waals surface area contributed by atoms with Crippen LogP contribution in [0.25, 0.3) is 0 Å². The molecule has 1 aromatic carbocycles. The fourth-order valence-electron chi connectivity index (χ4n) is 0.954. The Labute approximate surface area is 103 Å². The zero-order valence-corrected chi connectivity index (χ0v) is 9.69. The second-order valence-corrected chi connectivity index (χ2v) is 3.09. The molecule has 0 amide bonds. The molecule has 0 heterocycles. The molecule has 1 aromatic rings. The van der Waals surface area contributed by atoms with Crippen LogP contribution >= 0.6 is 0 Å². The van der Waals surface area contributed by atoms with E-state index in [-0.39, 0.29) is 5.96 Å². The number of hydrogen-bond acceptors (Lipinski definition) is 4. The fraction of sp³-hybridized carbons (Fsp3) is 0.111. The molecule has 0 saturated heterocycles. The van der Waals surface area contributed by atoms with E-state index in [0.29, 0.717) is 11.4 Å². The average Bonchev–Trinajstić information content (AvgIpc) is 2.25. The van der Waals surface area contributed by atoms with Crippen molar-refractivity contribution < 1.29 is 15.5 Å². The van der Waals surface area contributed by atoms with Crippen molar-refractivity contribution in [3.05, 3.63) is 34.7 Å². The second-order valence-electron chi connectivity index (χ2n) is 3.09. The smallest absolute Gasteiger partial charge is 0.399 e. The van der Waals surface area contributed by atoms with Crippen LogP contribution in [-0.4, -0.2) is 27.2 Å². The van der Waals surface area contributed by atoms with Gasteiger partial charge in [0, 0.05) is 5.69 Å². The lowest BCUT2D eigenvalue weighted by molar-refractivity contribution is -0.969. The lowest BCUT2D eigenvalue weighted by Gasteiger charge is -1.99. The van der Waals surface area contributed by atoms with Crippen LogP contribution in [-0.2, 0) is 0 Å². The van der Waals surface area contributed by atoms with Crippen LogP contribution in [0.3, 0.4) is 0 Å². The summed E-state index contributed by atoms with van der Waals surface area (Å²) in [6, 6.07) is 7.34. The molecule has 0 bridgehead atoms. The summed E-state index contributed by atoms with van der Waals surface area (Å²) in [6.45, 7) is 1.81. The summed E-state index contributed by atoms with van der Waals surface area (Å²) in [7, 11) is 0. The summed E-state index contributed by atoms with van der Waals surface area (Å²) in [4.78, 5) is 8.47. The molecule has 0 atom stereocenters. The van der Waals surface area contributed by atoms with Gasteiger partial charge in [-0.25, -0.2) is 10.4 Å². The first-order valence-corrected chi connectivity index (χ1v) is 4.67. The number of nitrogen functional groups attached to an aromatic ring is 1. The lowest BCUT2D eigenvalue weighted by Crippen LogP contribution is -2.22. The Kier molecular flexibility index (Phi) is 6.26. The minimum atomic E-state index is -1.25. The molecule has 0 aliphatic carbocycles. The van der Waals surface area contributed by atoms with E-state index in [2.05, 4.69) is 10.2 Å². The first kappa shape index (κ1) is 15.2. The minimum absolute atomic E-state index is 0.0618. The molecular weight excluding hydrogens is 240 g/mol. The quantitative estimate of drug-likeness (QED) is 0.213. The highest BCUT2D eigenvalue weighted by Crippen LogP contribution is 2.07. The van der Waals surface area contributed by atoms with Crippen molar-refractivity contribution in [3.63, 3.8) is 0 Å². The normalized spacial score (nSPS) is 9.94. The molecule has 9 heteroatoms. The Balaban J connectivity index is 0.000000631. The Morgan fingerprint density at radius 1 is 1.28 bits per heavy atom. The predicted octanol–water partition coefficient (Wildman–Crippen LogP) is -0.190. The van der Waals surface area contributed by atoms with Gasteiger partial charge in [0.05, 0.1) is 5.71 Å². The maximum Gasteiger partial charge on any atom is 0.472 e. The van der Waals surface area contributed by atoms with E-state index >= 15 is 0 Å². The lowest BCUT2D eigenvalue weighted by atomic mass is 10.1. The molecule has 98 valence electrons. The van der Waals surface area contributed by atoms with E-state index < -0.39 is 5.09 Å². The maximum absolute atomic E-state index is 8.47. The summed E-state index contributed by atoms with van der Waals surface area (Å²) in [6.07, 6.45) is 0. The van der Waals surface area contributed by atoms with Gasteiger partial charge in [-0.3, -0.25) is 0 Å². The van der Waals surface area contributed by atoms with Crippen molar-refractivity contribution in [1.29, 1.82) is 0 Å². The van der Waals surface area contributed by atoms with Crippen molar-refractivity contribution >= 4 is 17.4 Å². The highest BCUT2D eigenvalue weighted by Gasteiger charge is 1.96. The van der Waals surface area contributed by atoms with Crippen LogP contribution in [0.1, 0.15) is 12.5 Å². The third kappa shape index (κ3) is 7.45. The van der Waals surface area contributed by atoms with Gasteiger partial charge >= 0.3 is 5.09 Å². The van der Waals surface area contributed by atoms with Crippen LogP contribution in [0.5, 0.6) is 0 Å². The van der Waals surface area contributed by atoms with Crippen LogP contribution in [0.2, 0.25) is 0 Å². The summed E-state index contributed by atoms with van der Waals surface area (Å²) in [5.41, 5.74) is 18.2. The Hall–Kier alpha value is -2.84. The van der Waals surface area contributed by atoms with Gasteiger partial charge < -0.3 is 17.2 Å². The number of hydrogen-bond donors (Lipinski definition) is 5. The van der Waals surface area contributed by atoms with Gasteiger partial charge in [0.25, 0.3) is 0 Å². The second kappa shape index (κ2) is 7.44. The predicted molar refractivity (Wildman–Crippen MR) is 66.1 cm³/mol. The topological polar surface area (TPSA) is 163 Å². The first-order chi connectivity index (χ1) is 8.32. The molecule has 0 saturated carbocycles. The first-order valence-electron chi connectivity index (χ1n) is 4.67. The fourth-order valence-corrected chi connectivity index (χ4v) is 0.954. The molecule has 0 radical (unpaired) electrons. The van der Waals surface area contributed by atoms with Gasteiger partial charge in [0.1, 0.15) is 4.91 Å². The Morgan fingerprint density at radius 2 is 1.83 bits per heavy atom. The minimum Gasteiger partial charge on any atom is -0.399 e. The van der Waals surface area contributed by atoms with Gasteiger partial charge in [-0.1, -0.05) is 12.1 Å². The molecule has 18 heavy (non-hydrogen) atoms. The highest BCUT2D eigenvalue weighted by atomic mass is 16.9. The van der Waals surface area contributed by atoms with Gasteiger partial charge in [-0.2, -0.15) is 5.10 Å². The maximum atomic E-state index is 8.47. The van der Waals surface area contributed by atoms with Crippen LogP contribution in [0.15, 0.2) is 34.5 Å². The number of benzene rings is 1. The third-order valence-corrected chi connectivity index (χ3v) is 1.62. The van der Waals surface area contributed by atoms with Crippen LogP contribution in [0.4, 0.5) is 5.69 Å². The van der Waals surface area contributed by atoms with Crippen LogP contribution < -0.4 is 17.2 Å². The molecular formula is C9H15N6O3+. The molecule has 1 rings (SSSR count). The van der Waals surface area contributed by atoms with Crippen LogP contribution in [0, 0.1) is 4.91 Å². The number of nitrogens with zero attached hydrogens (tertiary/aromatic N) is 3. The van der Waals surface area contributed by atoms with Crippen molar-refractivity contribution in [2.75, 3.05) is 5.73 Å². The van der Waals surface area contributed by atoms with Crippen molar-refractivity contribution in [2.45, 2.75) is 6.92 Å². The molecule has 0 spiro atoms. The van der Waals surface area contributed by atoms with Gasteiger partial charge in [-0.05, 0) is 24.6 Å². The van der Waals surface area contributed by atoms with Crippen molar-refractivity contribution in [3.8, 4) is 0 Å². The largest absolute Gasteiger partial charge is 0.472 e. The van der Waals surface area contributed by atoms with Gasteiger partial charge in [-0.15, -0.1) is 5.10 Å². The summed E-state index contributed by atoms with van der Waals surface area (Å²) >= 11 is 0. The highest BCUT2D eigenvalue weighted by molar-refractivity contribution is 5.99. The van der Waals surface area contributed by atoms with Gasteiger partial charge in [0.2, 0.25) is 5.96 Å². The van der Waals surface area contributed by atoms with Crippen molar-refractivity contribution in [2.24, 2.45) is 21.7 Å². The van der Waals surface area contributed by atoms with E-state index in [0.717, 1.165) is 5.56 Å². The molecule has 8 N–H and O–H groups in total. The summed E-state index contributed by atoms with van der Waals surface area (Å²) in [5.74, 6) is -0.0618. The number of nitrogens with two attached hydrogens (primary N) is 3. The molecule has 0 aliphatic heterocycles. The summed E-state index contributed by atoms with van der Waals surface area (Å²) in [5, 5.41) is 19.9. The van der Waals surface area contributed by atoms with Gasteiger partial charge in [0.15, 0.2) is 0 Å². The summed E-state index contributed by atoms with van der Waals surface area (Å²) < 4.78 is 0. The molecule has 0 fully saturated rings. The SMILES string of the molecule is C/C(=N\N=C(N)N)c1cccc(N)c1.O=[N+](O)O. The monoisotopic (exact) mass is 255 g/mol. The molecule has 9 nitrogen and oxygen atoms in total. The average molecular weight is 255 g/mol. The number of rotatable bonds is 2. The number of guanidine groups is 1. The van der Waals surface area contributed by atoms with E-state index in [1.807, 2.05) is 12.1 Å². The van der Waals surface area contributed by atoms with E-state index in [9.17, 15) is 0 Å². The zero-order valence-electron chi connectivity index (χ0n) is 9.69. The van der Waals surface area contributed by atoms with E-state index in [1.54, 1.807) is 19.1 Å². The molecule has 0 aliphatic rings. The molecule has 0 unspecified atom stereocenters. The van der Waals surface area contributed by atoms with E-state index in [4.69, 9.17) is 32.5 Å². The molecule has 0 aromatic heterocycles. The zero-order chi connectivity index (χ0) is 14.1. The van der Waals surface area contributed by atoms with E-state index in [1.165, 1.54) is 0 Å².